The summed E-state index contributed by atoms with van der Waals surface area (Å²) in [6.07, 6.45) is 2.91. The molecule has 3 heterocycles. The molecule has 0 fully saturated rings. The first-order valence-corrected chi connectivity index (χ1v) is 26.7. The summed E-state index contributed by atoms with van der Waals surface area (Å²) in [6, 6.07) is 37.0. The molecule has 0 aliphatic heterocycles. The molecule has 408 valence electrons. The number of amides is 3. The number of nitrogens with one attached hydrogen (secondary N) is 6. The normalized spacial score (nSPS) is 10.5. The number of anilines is 4. The predicted octanol–water partition coefficient (Wildman–Crippen LogP) is 10.2. The molecular weight excluding hydrogens is 1070 g/mol. The van der Waals surface area contributed by atoms with Crippen LogP contribution in [-0.2, 0) is 17.3 Å². The molecule has 0 saturated carbocycles. The smallest absolute Gasteiger partial charge is 0.255 e. The van der Waals surface area contributed by atoms with E-state index in [2.05, 4.69) is 61.5 Å². The highest BCUT2D eigenvalue weighted by atomic mass is 32.2. The van der Waals surface area contributed by atoms with E-state index in [1.807, 2.05) is 73.7 Å². The van der Waals surface area contributed by atoms with E-state index in [0.717, 1.165) is 33.3 Å². The van der Waals surface area contributed by atoms with Crippen LogP contribution in [0.3, 0.4) is 0 Å². The second kappa shape index (κ2) is 29.4. The number of aromatic amines is 3. The van der Waals surface area contributed by atoms with Gasteiger partial charge >= 0.3 is 0 Å². The Kier molecular flexibility index (Phi) is 21.5. The Morgan fingerprint density at radius 2 is 1.04 bits per heavy atom. The lowest BCUT2D eigenvalue weighted by Crippen LogP contribution is -2.12. The summed E-state index contributed by atoms with van der Waals surface area (Å²) in [4.78, 5) is 49.7. The van der Waals surface area contributed by atoms with E-state index < -0.39 is 5.82 Å². The molecule has 25 heteroatoms. The lowest BCUT2D eigenvalue weighted by Gasteiger charge is -2.14. The number of benzene rings is 6. The number of ether oxygens (including phenoxy) is 5. The molecule has 0 unspecified atom stereocenters. The average Bonchev–Trinajstić information content (AvgIpc) is 4.31. The summed E-state index contributed by atoms with van der Waals surface area (Å²) in [5, 5.41) is 30.2. The van der Waals surface area contributed by atoms with Gasteiger partial charge in [0.05, 0.1) is 35.0 Å². The zero-order chi connectivity index (χ0) is 55.9. The first kappa shape index (κ1) is 57.6. The fraction of sp³-hybridized carbons (Fsp3) is 0.167. The highest BCUT2D eigenvalue weighted by Gasteiger charge is 2.17. The third-order valence-corrected chi connectivity index (χ3v) is 13.5. The summed E-state index contributed by atoms with van der Waals surface area (Å²) in [5.74, 6) is 3.31. The first-order valence-electron chi connectivity index (χ1n) is 23.8. The fourth-order valence-corrected chi connectivity index (χ4v) is 9.21. The Labute approximate surface area is 466 Å². The van der Waals surface area contributed by atoms with E-state index in [-0.39, 0.29) is 29.4 Å². The monoisotopic (exact) mass is 1130 g/mol. The number of halogens is 1. The van der Waals surface area contributed by atoms with Crippen LogP contribution < -0.4 is 45.4 Å². The number of methoxy groups -OCH3 is 4. The van der Waals surface area contributed by atoms with Crippen molar-refractivity contribution in [3.63, 3.8) is 0 Å². The second-order valence-electron chi connectivity index (χ2n) is 16.1. The number of nitrogen functional groups attached to an aromatic ring is 1. The van der Waals surface area contributed by atoms with Crippen LogP contribution in [0.15, 0.2) is 156 Å². The minimum absolute atomic E-state index is 0.129. The summed E-state index contributed by atoms with van der Waals surface area (Å²) < 4.78 is 39.9. The van der Waals surface area contributed by atoms with Crippen molar-refractivity contribution in [1.82, 2.24) is 45.5 Å². The van der Waals surface area contributed by atoms with E-state index in [4.69, 9.17) is 29.4 Å². The van der Waals surface area contributed by atoms with Gasteiger partial charge in [-0.05, 0) is 96.4 Å². The minimum Gasteiger partial charge on any atom is -0.494 e. The van der Waals surface area contributed by atoms with Crippen molar-refractivity contribution in [2.45, 2.75) is 39.7 Å². The van der Waals surface area contributed by atoms with Gasteiger partial charge in [0.2, 0.25) is 16.9 Å². The van der Waals surface area contributed by atoms with Gasteiger partial charge in [-0.15, -0.1) is 5.10 Å². The van der Waals surface area contributed by atoms with Gasteiger partial charge in [-0.1, -0.05) is 71.7 Å². The van der Waals surface area contributed by atoms with Crippen LogP contribution in [-0.4, -0.2) is 98.3 Å². The quantitative estimate of drug-likeness (QED) is 0.0329. The Balaban J connectivity index is 0.000000172. The molecule has 0 saturated heterocycles. The van der Waals surface area contributed by atoms with E-state index in [1.54, 1.807) is 48.5 Å². The Hall–Kier alpha value is -9.07. The number of hydrogen-bond acceptors (Lipinski definition) is 18. The lowest BCUT2D eigenvalue weighted by atomic mass is 10.1. The summed E-state index contributed by atoms with van der Waals surface area (Å²) in [5.41, 5.74) is 11.7. The number of aromatic nitrogens is 9. The summed E-state index contributed by atoms with van der Waals surface area (Å²) in [7, 11) is 5.97. The van der Waals surface area contributed by atoms with Crippen LogP contribution in [0, 0.1) is 5.82 Å². The highest BCUT2D eigenvalue weighted by Crippen LogP contribution is 2.40. The molecule has 0 aliphatic carbocycles. The number of hydrogen-bond donors (Lipinski definition) is 7. The molecule has 6 aromatic carbocycles. The zero-order valence-electron chi connectivity index (χ0n) is 43.2. The van der Waals surface area contributed by atoms with Gasteiger partial charge in [-0.25, -0.2) is 19.5 Å². The fourth-order valence-electron chi connectivity index (χ4n) is 7.02. The summed E-state index contributed by atoms with van der Waals surface area (Å²) in [6.45, 7) is 2.54. The maximum atomic E-state index is 13.7. The zero-order valence-corrected chi connectivity index (χ0v) is 45.7. The number of carbonyl (C=O) groups is 3. The Morgan fingerprint density at radius 1 is 0.557 bits per heavy atom. The molecule has 9 rings (SSSR count). The molecule has 0 radical (unpaired) electrons. The molecule has 0 bridgehead atoms. The molecule has 3 amide bonds. The van der Waals surface area contributed by atoms with Gasteiger partial charge in [0.1, 0.15) is 18.4 Å². The average molecular weight is 1130 g/mol. The van der Waals surface area contributed by atoms with Crippen molar-refractivity contribution < 1.29 is 42.5 Å². The van der Waals surface area contributed by atoms with Crippen molar-refractivity contribution in [1.29, 1.82) is 0 Å². The topological polar surface area (TPSA) is 284 Å². The number of nitrogens with two attached hydrogens (primary N) is 1. The number of nitrogens with zero attached hydrogens (tertiary/aromatic N) is 6. The minimum atomic E-state index is -0.530. The van der Waals surface area contributed by atoms with Crippen LogP contribution in [0.25, 0.3) is 0 Å². The molecular formula is C54H54FN13O8S3. The standard InChI is InChI=1S/C19H20N4O4S.C18H19N5O2S.C17H15FN4O2S/c1-25-15-8-14(9-16(26-2)17(15)27-3)22-18(24)13-6-4-5-12(7-13)10-28-19-20-11-21-23-19;1-2-25-15-8-6-14(7-9-15)20-16(24)13-5-3-4-12(10-13)11-26-18-21-17(19)22-23-18;1-24-15-6-5-13(8-14(15)18)21-16(23)12-4-2-3-11(7-12)9-25-17-19-10-20-22-17/h4-9,11H,10H2,1-3H3,(H,22,24)(H,20,21,23);3-10H,2,11H2,1H3,(H,20,24)(H3,19,21,22,23);2-8,10H,9H2,1H3,(H,21,23)(H,19,20,22). The maximum Gasteiger partial charge on any atom is 0.255 e. The molecule has 8 N–H and O–H groups in total. The van der Waals surface area contributed by atoms with Gasteiger partial charge < -0.3 is 45.4 Å². The van der Waals surface area contributed by atoms with Gasteiger partial charge in [0, 0.05) is 69.2 Å². The van der Waals surface area contributed by atoms with Crippen LogP contribution in [0.2, 0.25) is 0 Å². The molecule has 0 aliphatic rings. The molecule has 0 spiro atoms. The van der Waals surface area contributed by atoms with Crippen molar-refractivity contribution in [3.05, 3.63) is 179 Å². The molecule has 3 aromatic heterocycles. The van der Waals surface area contributed by atoms with Crippen LogP contribution in [0.4, 0.5) is 27.4 Å². The Bertz CT molecular complexity index is 3380. The molecule has 79 heavy (non-hydrogen) atoms. The first-order chi connectivity index (χ1) is 38.4. The third kappa shape index (κ3) is 17.5. The highest BCUT2D eigenvalue weighted by molar-refractivity contribution is 7.98. The van der Waals surface area contributed by atoms with Gasteiger partial charge in [0.15, 0.2) is 33.4 Å². The third-order valence-electron chi connectivity index (χ3n) is 10.7. The van der Waals surface area contributed by atoms with Gasteiger partial charge in [0.25, 0.3) is 17.7 Å². The Morgan fingerprint density at radius 3 is 1.47 bits per heavy atom. The van der Waals surface area contributed by atoms with Crippen LogP contribution in [0.1, 0.15) is 54.7 Å². The largest absolute Gasteiger partial charge is 0.494 e. The lowest BCUT2D eigenvalue weighted by molar-refractivity contribution is 0.101. The predicted molar refractivity (Wildman–Crippen MR) is 302 cm³/mol. The molecule has 0 atom stereocenters. The molecule has 9 aromatic rings. The van der Waals surface area contributed by atoms with E-state index in [9.17, 15) is 18.8 Å². The summed E-state index contributed by atoms with van der Waals surface area (Å²) >= 11 is 4.44. The van der Waals surface area contributed by atoms with Crippen LogP contribution in [0.5, 0.6) is 28.7 Å². The SMILES string of the molecule is CCOc1ccc(NC(=O)c2cccc(CSc3n[nH]c(N)n3)c2)cc1.COc1cc(NC(=O)c2cccc(CSc3ncn[nH]3)c2)cc(OC)c1OC.COc1ccc(NC(=O)c2cccc(CSc3ncn[nH]3)c2)cc1F. The number of thioether (sulfide) groups is 3. The van der Waals surface area contributed by atoms with Crippen LogP contribution >= 0.6 is 35.3 Å². The van der Waals surface area contributed by atoms with E-state index >= 15 is 0 Å². The van der Waals surface area contributed by atoms with Gasteiger partial charge in [-0.3, -0.25) is 24.6 Å². The van der Waals surface area contributed by atoms with Gasteiger partial charge in [-0.2, -0.15) is 15.2 Å². The van der Waals surface area contributed by atoms with Crippen molar-refractivity contribution in [2.24, 2.45) is 0 Å². The number of rotatable bonds is 21. The number of H-pyrrole nitrogens is 3. The maximum absolute atomic E-state index is 13.7. The van der Waals surface area contributed by atoms with E-state index in [0.29, 0.717) is 79.5 Å². The number of carbonyl (C=O) groups excluding carboxylic acids is 3. The van der Waals surface area contributed by atoms with E-state index in [1.165, 1.54) is 88.5 Å². The second-order valence-corrected chi connectivity index (χ2v) is 19.0. The molecule has 21 nitrogen and oxygen atoms in total. The van der Waals surface area contributed by atoms with Crippen molar-refractivity contribution in [3.8, 4) is 28.7 Å². The van der Waals surface area contributed by atoms with Crippen molar-refractivity contribution >= 4 is 76.0 Å². The van der Waals surface area contributed by atoms with Crippen molar-refractivity contribution in [2.75, 3.05) is 56.7 Å².